The van der Waals surface area contributed by atoms with Gasteiger partial charge in [0.1, 0.15) is 5.78 Å². The summed E-state index contributed by atoms with van der Waals surface area (Å²) in [5.41, 5.74) is 0.870. The van der Waals surface area contributed by atoms with Crippen LogP contribution in [0.2, 0.25) is 0 Å². The Balaban J connectivity index is 2.09. The Hall–Kier alpha value is -1.19. The molecule has 0 radical (unpaired) electrons. The number of Topliss-reactive ketones (excluding diaryl/α,β-unsaturated/α-hetero) is 1. The van der Waals surface area contributed by atoms with E-state index in [1.54, 1.807) is 0 Å². The third-order valence-corrected chi connectivity index (χ3v) is 3.39. The summed E-state index contributed by atoms with van der Waals surface area (Å²) in [6.45, 7) is 2.06. The molecule has 1 heterocycles. The van der Waals surface area contributed by atoms with E-state index in [9.17, 15) is 9.90 Å². The molecule has 0 aromatic heterocycles. The van der Waals surface area contributed by atoms with Crippen molar-refractivity contribution in [2.75, 3.05) is 0 Å². The van der Waals surface area contributed by atoms with Gasteiger partial charge in [-0.15, -0.1) is 0 Å². The van der Waals surface area contributed by atoms with E-state index < -0.39 is 6.10 Å². The molecule has 3 heteroatoms. The van der Waals surface area contributed by atoms with Crippen molar-refractivity contribution in [3.63, 3.8) is 0 Å². The van der Waals surface area contributed by atoms with Gasteiger partial charge in [-0.3, -0.25) is 4.79 Å². The van der Waals surface area contributed by atoms with Crippen LogP contribution in [-0.2, 0) is 4.79 Å². The number of aliphatic hydroxyl groups is 1. The van der Waals surface area contributed by atoms with Crippen molar-refractivity contribution in [1.29, 1.82) is 0 Å². The largest absolute Gasteiger partial charge is 0.387 e. The second-order valence-corrected chi connectivity index (χ2v) is 4.68. The lowest BCUT2D eigenvalue weighted by Gasteiger charge is -2.32. The standard InChI is InChI=1S/C14H19NO2/c1-2-11-8-12(16)9-13(15-11)14(17)10-6-4-3-5-7-10/h3-7,11,13-15,17H,2,8-9H2,1H3. The number of aliphatic hydroxyl groups excluding tert-OH is 1. The smallest absolute Gasteiger partial charge is 0.136 e. The summed E-state index contributed by atoms with van der Waals surface area (Å²) in [6, 6.07) is 9.58. The number of carbonyl (C=O) groups excluding carboxylic acids is 1. The Morgan fingerprint density at radius 1 is 1.35 bits per heavy atom. The molecule has 1 fully saturated rings. The maximum Gasteiger partial charge on any atom is 0.136 e. The average molecular weight is 233 g/mol. The fourth-order valence-electron chi connectivity index (χ4n) is 2.37. The average Bonchev–Trinajstić information content (AvgIpc) is 2.38. The number of piperidine rings is 1. The molecule has 17 heavy (non-hydrogen) atoms. The molecular weight excluding hydrogens is 214 g/mol. The summed E-state index contributed by atoms with van der Waals surface area (Å²) < 4.78 is 0. The van der Waals surface area contributed by atoms with Crippen molar-refractivity contribution < 1.29 is 9.90 Å². The third-order valence-electron chi connectivity index (χ3n) is 3.39. The van der Waals surface area contributed by atoms with E-state index in [1.165, 1.54) is 0 Å². The predicted molar refractivity (Wildman–Crippen MR) is 66.6 cm³/mol. The number of hydrogen-bond acceptors (Lipinski definition) is 3. The molecule has 1 aliphatic heterocycles. The van der Waals surface area contributed by atoms with Crippen LogP contribution in [0.15, 0.2) is 30.3 Å². The first-order valence-electron chi connectivity index (χ1n) is 6.21. The molecule has 3 nitrogen and oxygen atoms in total. The number of nitrogens with one attached hydrogen (secondary N) is 1. The SMILES string of the molecule is CCC1CC(=O)CC(C(O)c2ccccc2)N1. The topological polar surface area (TPSA) is 49.3 Å². The van der Waals surface area contributed by atoms with Crippen molar-refractivity contribution in [1.82, 2.24) is 5.32 Å². The van der Waals surface area contributed by atoms with Gasteiger partial charge in [-0.1, -0.05) is 37.3 Å². The van der Waals surface area contributed by atoms with Crippen LogP contribution < -0.4 is 5.32 Å². The van der Waals surface area contributed by atoms with Crippen LogP contribution in [0.4, 0.5) is 0 Å². The molecule has 3 unspecified atom stereocenters. The van der Waals surface area contributed by atoms with Crippen LogP contribution in [0.3, 0.4) is 0 Å². The van der Waals surface area contributed by atoms with Crippen LogP contribution >= 0.6 is 0 Å². The van der Waals surface area contributed by atoms with Crippen molar-refractivity contribution >= 4 is 5.78 Å². The molecule has 1 aromatic carbocycles. The molecule has 0 aliphatic carbocycles. The van der Waals surface area contributed by atoms with Gasteiger partial charge < -0.3 is 10.4 Å². The number of carbonyl (C=O) groups is 1. The van der Waals surface area contributed by atoms with E-state index >= 15 is 0 Å². The number of benzene rings is 1. The molecule has 2 N–H and O–H groups in total. The van der Waals surface area contributed by atoms with E-state index in [2.05, 4.69) is 12.2 Å². The van der Waals surface area contributed by atoms with Gasteiger partial charge >= 0.3 is 0 Å². The Labute approximate surface area is 102 Å². The van der Waals surface area contributed by atoms with Gasteiger partial charge in [-0.25, -0.2) is 0 Å². The first-order valence-corrected chi connectivity index (χ1v) is 6.21. The van der Waals surface area contributed by atoms with E-state index in [-0.39, 0.29) is 17.9 Å². The van der Waals surface area contributed by atoms with Gasteiger partial charge in [-0.2, -0.15) is 0 Å². The van der Waals surface area contributed by atoms with Gasteiger partial charge in [0.25, 0.3) is 0 Å². The van der Waals surface area contributed by atoms with Gasteiger partial charge in [-0.05, 0) is 12.0 Å². The zero-order valence-electron chi connectivity index (χ0n) is 10.1. The van der Waals surface area contributed by atoms with E-state index in [1.807, 2.05) is 30.3 Å². The minimum absolute atomic E-state index is 0.149. The maximum absolute atomic E-state index is 11.6. The van der Waals surface area contributed by atoms with Gasteiger partial charge in [0, 0.05) is 24.9 Å². The summed E-state index contributed by atoms with van der Waals surface area (Å²) in [5, 5.41) is 13.6. The summed E-state index contributed by atoms with van der Waals surface area (Å²) >= 11 is 0. The fraction of sp³-hybridized carbons (Fsp3) is 0.500. The molecule has 0 saturated carbocycles. The molecule has 1 aromatic rings. The van der Waals surface area contributed by atoms with Crippen molar-refractivity contribution in [3.05, 3.63) is 35.9 Å². The van der Waals surface area contributed by atoms with Crippen LogP contribution in [0, 0.1) is 0 Å². The lowest BCUT2D eigenvalue weighted by atomic mass is 9.90. The molecular formula is C14H19NO2. The molecule has 0 amide bonds. The molecule has 1 aliphatic rings. The summed E-state index contributed by atoms with van der Waals surface area (Å²) in [5.74, 6) is 0.246. The highest BCUT2D eigenvalue weighted by Crippen LogP contribution is 2.23. The van der Waals surface area contributed by atoms with Crippen molar-refractivity contribution in [2.45, 2.75) is 44.4 Å². The summed E-state index contributed by atoms with van der Waals surface area (Å²) in [7, 11) is 0. The number of rotatable bonds is 3. The Bertz CT molecular complexity index is 377. The Morgan fingerprint density at radius 2 is 2.06 bits per heavy atom. The van der Waals surface area contributed by atoms with Gasteiger partial charge in [0.15, 0.2) is 0 Å². The second-order valence-electron chi connectivity index (χ2n) is 4.68. The highest BCUT2D eigenvalue weighted by molar-refractivity contribution is 5.80. The third kappa shape index (κ3) is 2.93. The number of ketones is 1. The first-order chi connectivity index (χ1) is 8.20. The quantitative estimate of drug-likeness (QED) is 0.837. The van der Waals surface area contributed by atoms with Crippen LogP contribution in [-0.4, -0.2) is 23.0 Å². The fourth-order valence-corrected chi connectivity index (χ4v) is 2.37. The zero-order chi connectivity index (χ0) is 12.3. The van der Waals surface area contributed by atoms with Gasteiger partial charge in [0.2, 0.25) is 0 Å². The minimum Gasteiger partial charge on any atom is -0.387 e. The van der Waals surface area contributed by atoms with Crippen molar-refractivity contribution in [2.24, 2.45) is 0 Å². The number of hydrogen-bond donors (Lipinski definition) is 2. The lowest BCUT2D eigenvalue weighted by molar-refractivity contribution is -0.122. The summed E-state index contributed by atoms with van der Waals surface area (Å²) in [6.07, 6.45) is 1.33. The van der Waals surface area contributed by atoms with Crippen molar-refractivity contribution in [3.8, 4) is 0 Å². The van der Waals surface area contributed by atoms with E-state index in [4.69, 9.17) is 0 Å². The zero-order valence-corrected chi connectivity index (χ0v) is 10.1. The maximum atomic E-state index is 11.6. The van der Waals surface area contributed by atoms with Crippen LogP contribution in [0.1, 0.15) is 37.9 Å². The molecule has 3 atom stereocenters. The highest BCUT2D eigenvalue weighted by atomic mass is 16.3. The predicted octanol–water partition coefficient (Wildman–Crippen LogP) is 1.82. The van der Waals surface area contributed by atoms with Gasteiger partial charge in [0.05, 0.1) is 6.10 Å². The molecule has 1 saturated heterocycles. The first kappa shape index (κ1) is 12.3. The Morgan fingerprint density at radius 3 is 2.71 bits per heavy atom. The lowest BCUT2D eigenvalue weighted by Crippen LogP contribution is -2.48. The molecule has 92 valence electrons. The molecule has 0 bridgehead atoms. The van der Waals surface area contributed by atoms with E-state index in [0.717, 1.165) is 12.0 Å². The van der Waals surface area contributed by atoms with Crippen LogP contribution in [0.25, 0.3) is 0 Å². The molecule has 0 spiro atoms. The summed E-state index contributed by atoms with van der Waals surface area (Å²) in [4.78, 5) is 11.6. The van der Waals surface area contributed by atoms with E-state index in [0.29, 0.717) is 12.8 Å². The normalized spacial score (nSPS) is 26.8. The highest BCUT2D eigenvalue weighted by Gasteiger charge is 2.30. The Kier molecular flexibility index (Phi) is 3.92. The minimum atomic E-state index is -0.602. The second kappa shape index (κ2) is 5.43. The van der Waals surface area contributed by atoms with Crippen LogP contribution in [0.5, 0.6) is 0 Å². The molecule has 2 rings (SSSR count). The monoisotopic (exact) mass is 233 g/mol.